The third-order valence-electron chi connectivity index (χ3n) is 0.863. The molecule has 0 aromatic heterocycles. The molecular weight excluding hydrogens is 128 g/mol. The molecule has 56 valence electrons. The average molecular weight is 140 g/mol. The number of ether oxygens (including phenoxy) is 1. The Hall–Kier alpha value is -1.05. The van der Waals surface area contributed by atoms with Gasteiger partial charge in [-0.15, -0.1) is 0 Å². The molecule has 0 saturated heterocycles. The predicted molar refractivity (Wildman–Crippen MR) is 40.6 cm³/mol. The summed E-state index contributed by atoms with van der Waals surface area (Å²) in [6, 6.07) is 0. The van der Waals surface area contributed by atoms with Gasteiger partial charge in [0.15, 0.2) is 0 Å². The van der Waals surface area contributed by atoms with Gasteiger partial charge in [0.25, 0.3) is 0 Å². The van der Waals surface area contributed by atoms with E-state index in [1.165, 1.54) is 13.2 Å². The molecule has 0 fully saturated rings. The molecule has 0 unspecified atom stereocenters. The van der Waals surface area contributed by atoms with Crippen molar-refractivity contribution < 1.29 is 9.53 Å². The summed E-state index contributed by atoms with van der Waals surface area (Å²) in [6.07, 6.45) is 4.89. The summed E-state index contributed by atoms with van der Waals surface area (Å²) < 4.78 is 4.38. The van der Waals surface area contributed by atoms with E-state index in [4.69, 9.17) is 0 Å². The molecule has 10 heavy (non-hydrogen) atoms. The summed E-state index contributed by atoms with van der Waals surface area (Å²) in [7, 11) is 1.36. The number of methoxy groups -OCH3 is 1. The number of rotatable bonds is 2. The fourth-order valence-corrected chi connectivity index (χ4v) is 0.387. The highest BCUT2D eigenvalue weighted by Crippen LogP contribution is 1.88. The van der Waals surface area contributed by atoms with Crippen LogP contribution in [0.4, 0.5) is 0 Å². The summed E-state index contributed by atoms with van der Waals surface area (Å²) in [4.78, 5) is 10.5. The highest BCUT2D eigenvalue weighted by molar-refractivity contribution is 5.82. The van der Waals surface area contributed by atoms with Crippen LogP contribution >= 0.6 is 0 Å². The van der Waals surface area contributed by atoms with Crippen LogP contribution in [0.5, 0.6) is 0 Å². The second-order valence-corrected chi connectivity index (χ2v) is 2.13. The first-order valence-electron chi connectivity index (χ1n) is 3.06. The molecule has 0 saturated carbocycles. The molecule has 0 radical (unpaired) electrons. The van der Waals surface area contributed by atoms with Gasteiger partial charge < -0.3 is 4.74 Å². The van der Waals surface area contributed by atoms with Crippen LogP contribution in [-0.2, 0) is 9.53 Å². The fourth-order valence-electron chi connectivity index (χ4n) is 0.387. The Kier molecular flexibility index (Phi) is 4.29. The Morgan fingerprint density at radius 2 is 2.00 bits per heavy atom. The molecule has 0 rings (SSSR count). The maximum Gasteiger partial charge on any atom is 0.330 e. The topological polar surface area (TPSA) is 26.3 Å². The third-order valence-corrected chi connectivity index (χ3v) is 0.863. The van der Waals surface area contributed by atoms with E-state index in [0.29, 0.717) is 0 Å². The monoisotopic (exact) mass is 140 g/mol. The van der Waals surface area contributed by atoms with Crippen molar-refractivity contribution in [3.8, 4) is 0 Å². The van der Waals surface area contributed by atoms with E-state index >= 15 is 0 Å². The summed E-state index contributed by atoms with van der Waals surface area (Å²) in [5, 5.41) is 0. The molecular formula is C8H12O2. The normalized spacial score (nSPS) is 9.50. The van der Waals surface area contributed by atoms with Gasteiger partial charge in [0.1, 0.15) is 0 Å². The minimum absolute atomic E-state index is 0.322. The molecule has 0 aromatic rings. The summed E-state index contributed by atoms with van der Waals surface area (Å²) in [5.74, 6) is -0.322. The maximum absolute atomic E-state index is 10.5. The van der Waals surface area contributed by atoms with Gasteiger partial charge >= 0.3 is 5.97 Å². The molecule has 0 amide bonds. The standard InChI is InChI=1S/C8H12O2/c1-7(2)5-4-6-8(9)10-3/h4-6H,1-3H3. The van der Waals surface area contributed by atoms with E-state index in [1.54, 1.807) is 6.08 Å². The lowest BCUT2D eigenvalue weighted by Gasteiger charge is -1.86. The smallest absolute Gasteiger partial charge is 0.330 e. The Balaban J connectivity index is 3.77. The molecule has 0 aliphatic carbocycles. The van der Waals surface area contributed by atoms with Crippen LogP contribution in [0.2, 0.25) is 0 Å². The van der Waals surface area contributed by atoms with Crippen molar-refractivity contribution in [2.24, 2.45) is 0 Å². The van der Waals surface area contributed by atoms with Crippen molar-refractivity contribution in [3.05, 3.63) is 23.8 Å². The number of hydrogen-bond donors (Lipinski definition) is 0. The maximum atomic E-state index is 10.5. The number of carbonyl (C=O) groups excluding carboxylic acids is 1. The van der Waals surface area contributed by atoms with Crippen LogP contribution in [-0.4, -0.2) is 13.1 Å². The molecule has 2 heteroatoms. The molecule has 0 bridgehead atoms. The molecule has 0 aliphatic rings. The fraction of sp³-hybridized carbons (Fsp3) is 0.375. The predicted octanol–water partition coefficient (Wildman–Crippen LogP) is 1.68. The van der Waals surface area contributed by atoms with Gasteiger partial charge in [-0.05, 0) is 13.8 Å². The van der Waals surface area contributed by atoms with Gasteiger partial charge in [0.05, 0.1) is 7.11 Å². The Morgan fingerprint density at radius 1 is 1.40 bits per heavy atom. The lowest BCUT2D eigenvalue weighted by molar-refractivity contribution is -0.134. The van der Waals surface area contributed by atoms with Crippen LogP contribution < -0.4 is 0 Å². The van der Waals surface area contributed by atoms with Crippen LogP contribution in [0.25, 0.3) is 0 Å². The molecule has 0 N–H and O–H groups in total. The minimum atomic E-state index is -0.322. The Labute approximate surface area is 61.2 Å². The van der Waals surface area contributed by atoms with Gasteiger partial charge in [0, 0.05) is 6.08 Å². The van der Waals surface area contributed by atoms with Gasteiger partial charge in [0.2, 0.25) is 0 Å². The first kappa shape index (κ1) is 8.95. The first-order chi connectivity index (χ1) is 4.66. The van der Waals surface area contributed by atoms with Crippen molar-refractivity contribution in [2.45, 2.75) is 13.8 Å². The minimum Gasteiger partial charge on any atom is -0.466 e. The van der Waals surface area contributed by atoms with Crippen LogP contribution in [0.3, 0.4) is 0 Å². The Morgan fingerprint density at radius 3 is 2.40 bits per heavy atom. The van der Waals surface area contributed by atoms with E-state index in [-0.39, 0.29) is 5.97 Å². The summed E-state index contributed by atoms with van der Waals surface area (Å²) in [5.41, 5.74) is 1.15. The SMILES string of the molecule is COC(=O)C=CC=C(C)C. The molecule has 0 atom stereocenters. The van der Waals surface area contributed by atoms with Crippen molar-refractivity contribution in [3.63, 3.8) is 0 Å². The van der Waals surface area contributed by atoms with Crippen molar-refractivity contribution in [2.75, 3.05) is 7.11 Å². The summed E-state index contributed by atoms with van der Waals surface area (Å²) >= 11 is 0. The molecule has 2 nitrogen and oxygen atoms in total. The van der Waals surface area contributed by atoms with Gasteiger partial charge in [-0.2, -0.15) is 0 Å². The number of carbonyl (C=O) groups is 1. The zero-order valence-electron chi connectivity index (χ0n) is 6.55. The number of hydrogen-bond acceptors (Lipinski definition) is 2. The van der Waals surface area contributed by atoms with Crippen LogP contribution in [0, 0.1) is 0 Å². The second-order valence-electron chi connectivity index (χ2n) is 2.13. The number of allylic oxidation sites excluding steroid dienone is 3. The van der Waals surface area contributed by atoms with Gasteiger partial charge in [-0.1, -0.05) is 17.7 Å². The molecule has 0 spiro atoms. The van der Waals surface area contributed by atoms with Crippen LogP contribution in [0.15, 0.2) is 23.8 Å². The quantitative estimate of drug-likeness (QED) is 0.331. The van der Waals surface area contributed by atoms with E-state index in [9.17, 15) is 4.79 Å². The number of esters is 1. The summed E-state index contributed by atoms with van der Waals surface area (Å²) in [6.45, 7) is 3.92. The van der Waals surface area contributed by atoms with E-state index in [1.807, 2.05) is 19.9 Å². The zero-order chi connectivity index (χ0) is 7.98. The average Bonchev–Trinajstić information content (AvgIpc) is 1.87. The van der Waals surface area contributed by atoms with E-state index in [0.717, 1.165) is 5.57 Å². The van der Waals surface area contributed by atoms with Crippen molar-refractivity contribution in [1.82, 2.24) is 0 Å². The highest BCUT2D eigenvalue weighted by Gasteiger charge is 1.86. The Bertz CT molecular complexity index is 162. The third kappa shape index (κ3) is 5.09. The van der Waals surface area contributed by atoms with E-state index in [2.05, 4.69) is 4.74 Å². The second kappa shape index (κ2) is 4.79. The molecule has 0 heterocycles. The highest BCUT2D eigenvalue weighted by atomic mass is 16.5. The van der Waals surface area contributed by atoms with Crippen molar-refractivity contribution in [1.29, 1.82) is 0 Å². The zero-order valence-corrected chi connectivity index (χ0v) is 6.55. The van der Waals surface area contributed by atoms with Gasteiger partial charge in [-0.25, -0.2) is 4.79 Å². The van der Waals surface area contributed by atoms with Gasteiger partial charge in [-0.3, -0.25) is 0 Å². The molecule has 0 aromatic carbocycles. The van der Waals surface area contributed by atoms with Crippen LogP contribution in [0.1, 0.15) is 13.8 Å². The van der Waals surface area contributed by atoms with E-state index < -0.39 is 0 Å². The largest absolute Gasteiger partial charge is 0.466 e. The van der Waals surface area contributed by atoms with Crippen molar-refractivity contribution >= 4 is 5.97 Å². The lowest BCUT2D eigenvalue weighted by atomic mass is 10.3. The molecule has 0 aliphatic heterocycles. The lowest BCUT2D eigenvalue weighted by Crippen LogP contribution is -1.92. The first-order valence-corrected chi connectivity index (χ1v) is 3.06.